The SMILES string of the molecule is CC(C)CCCNCc1csc(-c2ccccn2)n1. The Morgan fingerprint density at radius 3 is 2.95 bits per heavy atom. The van der Waals surface area contributed by atoms with Crippen molar-refractivity contribution in [3.05, 3.63) is 35.5 Å². The third kappa shape index (κ3) is 4.73. The summed E-state index contributed by atoms with van der Waals surface area (Å²) in [4.78, 5) is 8.93. The molecule has 4 heteroatoms. The maximum Gasteiger partial charge on any atom is 0.142 e. The van der Waals surface area contributed by atoms with E-state index in [9.17, 15) is 0 Å². The first-order valence-corrected chi connectivity index (χ1v) is 7.70. The summed E-state index contributed by atoms with van der Waals surface area (Å²) in [7, 11) is 0. The Kier molecular flexibility index (Phi) is 5.48. The van der Waals surface area contributed by atoms with Crippen LogP contribution < -0.4 is 5.32 Å². The summed E-state index contributed by atoms with van der Waals surface area (Å²) in [5.74, 6) is 0.789. The van der Waals surface area contributed by atoms with Crippen LogP contribution in [0.15, 0.2) is 29.8 Å². The van der Waals surface area contributed by atoms with Gasteiger partial charge in [0.1, 0.15) is 5.01 Å². The van der Waals surface area contributed by atoms with Crippen molar-refractivity contribution >= 4 is 11.3 Å². The minimum atomic E-state index is 0.789. The molecular weight excluding hydrogens is 254 g/mol. The normalized spacial score (nSPS) is 11.1. The van der Waals surface area contributed by atoms with E-state index in [1.807, 2.05) is 18.2 Å². The lowest BCUT2D eigenvalue weighted by Crippen LogP contribution is -2.15. The molecule has 19 heavy (non-hydrogen) atoms. The summed E-state index contributed by atoms with van der Waals surface area (Å²) in [6.07, 6.45) is 4.32. The number of aromatic nitrogens is 2. The maximum absolute atomic E-state index is 4.61. The molecule has 3 nitrogen and oxygen atoms in total. The quantitative estimate of drug-likeness (QED) is 0.782. The molecule has 2 aromatic rings. The van der Waals surface area contributed by atoms with Crippen LogP contribution in [0.2, 0.25) is 0 Å². The molecule has 0 aliphatic heterocycles. The van der Waals surface area contributed by atoms with Crippen molar-refractivity contribution in [2.75, 3.05) is 6.54 Å². The fourth-order valence-electron chi connectivity index (χ4n) is 1.85. The summed E-state index contributed by atoms with van der Waals surface area (Å²) in [6.45, 7) is 6.44. The van der Waals surface area contributed by atoms with Gasteiger partial charge in [0.2, 0.25) is 0 Å². The first-order valence-electron chi connectivity index (χ1n) is 6.82. The number of nitrogens with one attached hydrogen (secondary N) is 1. The van der Waals surface area contributed by atoms with Crippen molar-refractivity contribution in [2.24, 2.45) is 5.92 Å². The number of pyridine rings is 1. The third-order valence-electron chi connectivity index (χ3n) is 2.88. The molecule has 0 unspecified atom stereocenters. The highest BCUT2D eigenvalue weighted by atomic mass is 32.1. The zero-order valence-electron chi connectivity index (χ0n) is 11.6. The highest BCUT2D eigenvalue weighted by molar-refractivity contribution is 7.13. The molecule has 0 saturated carbocycles. The van der Waals surface area contributed by atoms with E-state index in [0.717, 1.165) is 35.4 Å². The zero-order chi connectivity index (χ0) is 13.5. The Balaban J connectivity index is 1.78. The van der Waals surface area contributed by atoms with Crippen LogP contribution in [0.3, 0.4) is 0 Å². The average molecular weight is 275 g/mol. The predicted molar refractivity (Wildman–Crippen MR) is 81.1 cm³/mol. The lowest BCUT2D eigenvalue weighted by atomic mass is 10.1. The molecule has 0 bridgehead atoms. The van der Waals surface area contributed by atoms with Crippen molar-refractivity contribution < 1.29 is 0 Å². The van der Waals surface area contributed by atoms with Crippen molar-refractivity contribution in [3.63, 3.8) is 0 Å². The Morgan fingerprint density at radius 1 is 1.32 bits per heavy atom. The standard InChI is InChI=1S/C15H21N3S/c1-12(2)6-5-8-16-10-13-11-19-15(18-13)14-7-3-4-9-17-14/h3-4,7,9,11-12,16H,5-6,8,10H2,1-2H3. The van der Waals surface area contributed by atoms with Crippen molar-refractivity contribution in [3.8, 4) is 10.7 Å². The number of hydrogen-bond acceptors (Lipinski definition) is 4. The van der Waals surface area contributed by atoms with E-state index in [1.165, 1.54) is 12.8 Å². The first-order chi connectivity index (χ1) is 9.25. The van der Waals surface area contributed by atoms with E-state index in [4.69, 9.17) is 0 Å². The summed E-state index contributed by atoms with van der Waals surface area (Å²) in [6, 6.07) is 5.92. The van der Waals surface area contributed by atoms with Crippen LogP contribution in [-0.2, 0) is 6.54 Å². The second kappa shape index (κ2) is 7.36. The monoisotopic (exact) mass is 275 g/mol. The van der Waals surface area contributed by atoms with Gasteiger partial charge >= 0.3 is 0 Å². The van der Waals surface area contributed by atoms with E-state index in [-0.39, 0.29) is 0 Å². The summed E-state index contributed by atoms with van der Waals surface area (Å²) in [5.41, 5.74) is 2.06. The Morgan fingerprint density at radius 2 is 2.21 bits per heavy atom. The Hall–Kier alpha value is -1.26. The van der Waals surface area contributed by atoms with Gasteiger partial charge in [-0.05, 0) is 37.4 Å². The number of rotatable bonds is 7. The van der Waals surface area contributed by atoms with E-state index in [2.05, 4.69) is 34.5 Å². The van der Waals surface area contributed by atoms with Gasteiger partial charge in [0.15, 0.2) is 0 Å². The molecule has 0 amide bonds. The highest BCUT2D eigenvalue weighted by Crippen LogP contribution is 2.21. The number of thiazole rings is 1. The van der Waals surface area contributed by atoms with Crippen LogP contribution in [0.4, 0.5) is 0 Å². The van der Waals surface area contributed by atoms with Gasteiger partial charge in [0.25, 0.3) is 0 Å². The van der Waals surface area contributed by atoms with Crippen LogP contribution >= 0.6 is 11.3 Å². The Labute approximate surface area is 119 Å². The molecule has 0 fully saturated rings. The van der Waals surface area contributed by atoms with Crippen LogP contribution in [0.25, 0.3) is 10.7 Å². The molecule has 0 atom stereocenters. The van der Waals surface area contributed by atoms with Crippen LogP contribution in [0.1, 0.15) is 32.4 Å². The van der Waals surface area contributed by atoms with Gasteiger partial charge in [0, 0.05) is 18.1 Å². The zero-order valence-corrected chi connectivity index (χ0v) is 12.4. The third-order valence-corrected chi connectivity index (χ3v) is 3.79. The largest absolute Gasteiger partial charge is 0.311 e. The van der Waals surface area contributed by atoms with E-state index >= 15 is 0 Å². The lowest BCUT2D eigenvalue weighted by Gasteiger charge is -2.04. The van der Waals surface area contributed by atoms with Crippen LogP contribution in [0.5, 0.6) is 0 Å². The molecule has 0 radical (unpaired) electrons. The maximum atomic E-state index is 4.61. The lowest BCUT2D eigenvalue weighted by molar-refractivity contribution is 0.526. The number of nitrogens with zero attached hydrogens (tertiary/aromatic N) is 2. The topological polar surface area (TPSA) is 37.8 Å². The predicted octanol–water partition coefficient (Wildman–Crippen LogP) is 3.73. The second-order valence-corrected chi connectivity index (χ2v) is 5.93. The van der Waals surface area contributed by atoms with Gasteiger partial charge in [-0.25, -0.2) is 4.98 Å². The minimum absolute atomic E-state index is 0.789. The molecule has 2 rings (SSSR count). The summed E-state index contributed by atoms with van der Waals surface area (Å²) in [5, 5.41) is 6.56. The van der Waals surface area contributed by atoms with Gasteiger partial charge in [-0.1, -0.05) is 19.9 Å². The first kappa shape index (κ1) is 14.2. The van der Waals surface area contributed by atoms with Crippen molar-refractivity contribution in [2.45, 2.75) is 33.2 Å². The van der Waals surface area contributed by atoms with Crippen LogP contribution in [0, 0.1) is 5.92 Å². The Bertz CT molecular complexity index is 479. The molecule has 0 saturated heterocycles. The molecule has 0 aromatic carbocycles. The van der Waals surface area contributed by atoms with Crippen LogP contribution in [-0.4, -0.2) is 16.5 Å². The molecule has 0 spiro atoms. The minimum Gasteiger partial charge on any atom is -0.311 e. The van der Waals surface area contributed by atoms with Gasteiger partial charge in [0.05, 0.1) is 11.4 Å². The molecular formula is C15H21N3S. The molecule has 1 N–H and O–H groups in total. The van der Waals surface area contributed by atoms with Gasteiger partial charge in [-0.2, -0.15) is 0 Å². The molecule has 0 aliphatic rings. The van der Waals surface area contributed by atoms with Crippen molar-refractivity contribution in [1.29, 1.82) is 0 Å². The van der Waals surface area contributed by atoms with Crippen molar-refractivity contribution in [1.82, 2.24) is 15.3 Å². The molecule has 2 aromatic heterocycles. The van der Waals surface area contributed by atoms with E-state index < -0.39 is 0 Å². The number of hydrogen-bond donors (Lipinski definition) is 1. The summed E-state index contributed by atoms with van der Waals surface area (Å²) >= 11 is 1.66. The molecule has 2 heterocycles. The average Bonchev–Trinajstić information content (AvgIpc) is 2.88. The van der Waals surface area contributed by atoms with E-state index in [1.54, 1.807) is 17.5 Å². The van der Waals surface area contributed by atoms with Gasteiger partial charge in [-0.3, -0.25) is 4.98 Å². The second-order valence-electron chi connectivity index (χ2n) is 5.07. The fourth-order valence-corrected chi connectivity index (χ4v) is 2.64. The van der Waals surface area contributed by atoms with E-state index in [0.29, 0.717) is 0 Å². The highest BCUT2D eigenvalue weighted by Gasteiger charge is 2.04. The fraction of sp³-hybridized carbons (Fsp3) is 0.467. The molecule has 102 valence electrons. The van der Waals surface area contributed by atoms with Gasteiger partial charge < -0.3 is 5.32 Å². The molecule has 0 aliphatic carbocycles. The van der Waals surface area contributed by atoms with Gasteiger partial charge in [-0.15, -0.1) is 11.3 Å². The summed E-state index contributed by atoms with van der Waals surface area (Å²) < 4.78 is 0. The smallest absolute Gasteiger partial charge is 0.142 e.